The van der Waals surface area contributed by atoms with Crippen molar-refractivity contribution < 1.29 is 18.1 Å². The highest BCUT2D eigenvalue weighted by Crippen LogP contribution is 2.26. The van der Waals surface area contributed by atoms with Crippen LogP contribution in [0.1, 0.15) is 5.56 Å². The maximum atomic E-state index is 10.4. The third kappa shape index (κ3) is 4.38. The number of aromatic hydroxyl groups is 1. The highest BCUT2D eigenvalue weighted by Gasteiger charge is 2.10. The molecule has 0 bridgehead atoms. The fraction of sp³-hybridized carbons (Fsp3) is 0.143. The number of rotatable bonds is 3. The van der Waals surface area contributed by atoms with Crippen LogP contribution in [0, 0.1) is 7.14 Å². The summed E-state index contributed by atoms with van der Waals surface area (Å²) >= 11 is 3.99. The van der Waals surface area contributed by atoms with E-state index in [4.69, 9.17) is 4.55 Å². The SMILES string of the molecule is O=S(=O)(O)NCc1cc(I)cc(I)c1O. The third-order valence-corrected chi connectivity index (χ3v) is 3.51. The third-order valence-electron chi connectivity index (χ3n) is 1.55. The minimum Gasteiger partial charge on any atom is -0.507 e. The molecule has 0 aliphatic heterocycles. The molecular formula is C7H7I2NO4S. The first-order chi connectivity index (χ1) is 6.79. The predicted octanol–water partition coefficient (Wildman–Crippen LogP) is 1.49. The smallest absolute Gasteiger partial charge is 0.333 e. The Labute approximate surface area is 114 Å². The Kier molecular flexibility index (Phi) is 4.58. The van der Waals surface area contributed by atoms with Crippen LogP contribution in [-0.2, 0) is 16.8 Å². The van der Waals surface area contributed by atoms with Gasteiger partial charge in [-0.3, -0.25) is 4.55 Å². The lowest BCUT2D eigenvalue weighted by molar-refractivity contribution is 0.455. The zero-order valence-electron chi connectivity index (χ0n) is 7.24. The molecule has 1 aromatic carbocycles. The van der Waals surface area contributed by atoms with Gasteiger partial charge in [0.15, 0.2) is 0 Å². The highest BCUT2D eigenvalue weighted by molar-refractivity contribution is 14.1. The molecule has 3 N–H and O–H groups in total. The number of benzene rings is 1. The van der Waals surface area contributed by atoms with Gasteiger partial charge in [0.2, 0.25) is 0 Å². The summed E-state index contributed by atoms with van der Waals surface area (Å²) in [7, 11) is -4.23. The van der Waals surface area contributed by atoms with Gasteiger partial charge in [-0.1, -0.05) is 0 Å². The van der Waals surface area contributed by atoms with Gasteiger partial charge in [-0.2, -0.15) is 13.1 Å². The van der Waals surface area contributed by atoms with E-state index in [1.165, 1.54) is 0 Å². The first-order valence-corrected chi connectivity index (χ1v) is 7.28. The molecule has 0 atom stereocenters. The van der Waals surface area contributed by atoms with Crippen LogP contribution in [0.2, 0.25) is 0 Å². The van der Waals surface area contributed by atoms with E-state index in [-0.39, 0.29) is 12.3 Å². The molecule has 0 saturated heterocycles. The Hall–Kier alpha value is 0.350. The van der Waals surface area contributed by atoms with Crippen molar-refractivity contribution in [1.29, 1.82) is 0 Å². The van der Waals surface area contributed by atoms with Crippen molar-refractivity contribution in [1.82, 2.24) is 4.72 Å². The highest BCUT2D eigenvalue weighted by atomic mass is 127. The lowest BCUT2D eigenvalue weighted by Crippen LogP contribution is -2.21. The average Bonchev–Trinajstić information content (AvgIpc) is 2.07. The summed E-state index contributed by atoms with van der Waals surface area (Å²) in [6.07, 6.45) is 0. The number of phenols is 1. The molecule has 0 fully saturated rings. The lowest BCUT2D eigenvalue weighted by Gasteiger charge is -2.07. The van der Waals surface area contributed by atoms with Crippen molar-refractivity contribution in [2.75, 3.05) is 0 Å². The van der Waals surface area contributed by atoms with Gasteiger partial charge in [-0.15, -0.1) is 0 Å². The van der Waals surface area contributed by atoms with Crippen LogP contribution < -0.4 is 4.72 Å². The zero-order chi connectivity index (χ0) is 11.6. The predicted molar refractivity (Wildman–Crippen MR) is 71.9 cm³/mol. The van der Waals surface area contributed by atoms with Gasteiger partial charge in [0.05, 0.1) is 3.57 Å². The van der Waals surface area contributed by atoms with E-state index in [0.29, 0.717) is 9.13 Å². The standard InChI is InChI=1S/C7H7I2NO4S/c8-5-1-4(3-10-15(12,13)14)7(11)6(9)2-5/h1-2,10-11H,3H2,(H,12,13,14). The summed E-state index contributed by atoms with van der Waals surface area (Å²) < 4.78 is 32.8. The molecule has 8 heteroatoms. The summed E-state index contributed by atoms with van der Waals surface area (Å²) in [6, 6.07) is 3.39. The van der Waals surface area contributed by atoms with Crippen molar-refractivity contribution in [3.8, 4) is 5.75 Å². The van der Waals surface area contributed by atoms with E-state index in [9.17, 15) is 13.5 Å². The number of hydrogen-bond acceptors (Lipinski definition) is 3. The van der Waals surface area contributed by atoms with Gasteiger partial charge in [0.1, 0.15) is 5.75 Å². The largest absolute Gasteiger partial charge is 0.507 e. The van der Waals surface area contributed by atoms with Crippen molar-refractivity contribution in [2.24, 2.45) is 0 Å². The summed E-state index contributed by atoms with van der Waals surface area (Å²) in [5.74, 6) is 0.0205. The van der Waals surface area contributed by atoms with Gasteiger partial charge in [0.25, 0.3) is 0 Å². The minimum absolute atomic E-state index is 0.0205. The first kappa shape index (κ1) is 13.4. The fourth-order valence-electron chi connectivity index (χ4n) is 0.923. The Morgan fingerprint density at radius 3 is 2.47 bits per heavy atom. The summed E-state index contributed by atoms with van der Waals surface area (Å²) in [4.78, 5) is 0. The molecule has 1 rings (SSSR count). The van der Waals surface area contributed by atoms with Crippen LogP contribution in [0.4, 0.5) is 0 Å². The van der Waals surface area contributed by atoms with E-state index in [2.05, 4.69) is 22.6 Å². The molecule has 0 radical (unpaired) electrons. The molecule has 0 saturated carbocycles. The van der Waals surface area contributed by atoms with Gasteiger partial charge in [0, 0.05) is 15.7 Å². The second kappa shape index (κ2) is 5.12. The summed E-state index contributed by atoms with van der Waals surface area (Å²) in [5.41, 5.74) is 0.420. The normalized spacial score (nSPS) is 11.7. The topological polar surface area (TPSA) is 86.6 Å². The summed E-state index contributed by atoms with van der Waals surface area (Å²) in [5, 5.41) is 9.59. The Morgan fingerprint density at radius 1 is 1.33 bits per heavy atom. The lowest BCUT2D eigenvalue weighted by atomic mass is 10.2. The van der Waals surface area contributed by atoms with Gasteiger partial charge in [-0.05, 0) is 57.3 Å². The number of hydrogen-bond donors (Lipinski definition) is 3. The van der Waals surface area contributed by atoms with Gasteiger partial charge < -0.3 is 5.11 Å². The van der Waals surface area contributed by atoms with Crippen LogP contribution in [0.15, 0.2) is 12.1 Å². The van der Waals surface area contributed by atoms with Gasteiger partial charge >= 0.3 is 10.3 Å². The Bertz CT molecular complexity index is 474. The molecule has 1 aromatic rings. The van der Waals surface area contributed by atoms with Crippen molar-refractivity contribution in [3.63, 3.8) is 0 Å². The quantitative estimate of drug-likeness (QED) is 0.477. The molecule has 0 spiro atoms. The molecule has 0 aliphatic rings. The second-order valence-electron chi connectivity index (χ2n) is 2.69. The number of nitrogens with one attached hydrogen (secondary N) is 1. The van der Waals surface area contributed by atoms with Crippen molar-refractivity contribution in [3.05, 3.63) is 24.8 Å². The maximum absolute atomic E-state index is 10.4. The van der Waals surface area contributed by atoms with Crippen LogP contribution >= 0.6 is 45.2 Å². The van der Waals surface area contributed by atoms with E-state index in [1.807, 2.05) is 27.3 Å². The van der Waals surface area contributed by atoms with E-state index in [1.54, 1.807) is 12.1 Å². The zero-order valence-corrected chi connectivity index (χ0v) is 12.4. The monoisotopic (exact) mass is 455 g/mol. The second-order valence-corrected chi connectivity index (χ2v) is 6.34. The molecular weight excluding hydrogens is 448 g/mol. The molecule has 15 heavy (non-hydrogen) atoms. The minimum atomic E-state index is -4.23. The van der Waals surface area contributed by atoms with Crippen LogP contribution in [0.5, 0.6) is 5.75 Å². The van der Waals surface area contributed by atoms with E-state index in [0.717, 1.165) is 3.57 Å². The van der Waals surface area contributed by atoms with Crippen molar-refractivity contribution in [2.45, 2.75) is 6.54 Å². The molecule has 0 heterocycles. The van der Waals surface area contributed by atoms with Crippen LogP contribution in [-0.4, -0.2) is 18.1 Å². The molecule has 0 aliphatic carbocycles. The van der Waals surface area contributed by atoms with Crippen molar-refractivity contribution >= 4 is 55.5 Å². The summed E-state index contributed by atoms with van der Waals surface area (Å²) in [6.45, 7) is -0.141. The van der Waals surface area contributed by atoms with E-state index < -0.39 is 10.3 Å². The number of phenolic OH excluding ortho intramolecular Hbond substituents is 1. The van der Waals surface area contributed by atoms with Crippen LogP contribution in [0.3, 0.4) is 0 Å². The molecule has 5 nitrogen and oxygen atoms in total. The Morgan fingerprint density at radius 2 is 1.93 bits per heavy atom. The fourth-order valence-corrected chi connectivity index (χ4v) is 3.23. The Balaban J connectivity index is 2.95. The molecule has 0 aromatic heterocycles. The molecule has 0 amide bonds. The average molecular weight is 455 g/mol. The van der Waals surface area contributed by atoms with Gasteiger partial charge in [-0.25, -0.2) is 0 Å². The maximum Gasteiger partial charge on any atom is 0.333 e. The molecule has 84 valence electrons. The van der Waals surface area contributed by atoms with E-state index >= 15 is 0 Å². The van der Waals surface area contributed by atoms with Crippen LogP contribution in [0.25, 0.3) is 0 Å². The first-order valence-electron chi connectivity index (χ1n) is 3.68. The number of halogens is 2. The molecule has 0 unspecified atom stereocenters.